The maximum atomic E-state index is 12.5. The second-order valence-electron chi connectivity index (χ2n) is 6.59. The molecule has 0 spiro atoms. The number of carboxylic acids is 3. The second-order valence-corrected chi connectivity index (χ2v) is 7.62. The number of nitrogens with zero attached hydrogens (tertiary/aromatic N) is 1. The summed E-state index contributed by atoms with van der Waals surface area (Å²) in [5.74, 6) is -4.65. The van der Waals surface area contributed by atoms with E-state index in [1.54, 1.807) is 0 Å². The van der Waals surface area contributed by atoms with Gasteiger partial charge >= 0.3 is 17.9 Å². The first-order valence-electron chi connectivity index (χ1n) is 9.13. The molecule has 0 aliphatic heterocycles. The Labute approximate surface area is 172 Å². The number of allylic oxidation sites excluding steroid dienone is 3. The van der Waals surface area contributed by atoms with Crippen LogP contribution < -0.4 is 0 Å². The summed E-state index contributed by atoms with van der Waals surface area (Å²) < 4.78 is 0. The van der Waals surface area contributed by atoms with Gasteiger partial charge in [0.2, 0.25) is 0 Å². The van der Waals surface area contributed by atoms with Gasteiger partial charge in [0, 0.05) is 22.7 Å². The van der Waals surface area contributed by atoms with Crippen LogP contribution in [-0.4, -0.2) is 80.3 Å². The van der Waals surface area contributed by atoms with E-state index in [0.29, 0.717) is 12.0 Å². The zero-order valence-corrected chi connectivity index (χ0v) is 16.9. The van der Waals surface area contributed by atoms with E-state index in [1.165, 1.54) is 12.2 Å². The van der Waals surface area contributed by atoms with Gasteiger partial charge in [-0.05, 0) is 25.0 Å². The van der Waals surface area contributed by atoms with Crippen molar-refractivity contribution in [2.45, 2.75) is 38.6 Å². The maximum absolute atomic E-state index is 12.5. The lowest BCUT2D eigenvalue weighted by molar-refractivity contribution is -0.148. The van der Waals surface area contributed by atoms with E-state index in [0.717, 1.165) is 35.9 Å². The highest BCUT2D eigenvalue weighted by atomic mass is 32.2. The average molecular weight is 427 g/mol. The van der Waals surface area contributed by atoms with E-state index in [1.807, 2.05) is 6.92 Å². The van der Waals surface area contributed by atoms with E-state index in [-0.39, 0.29) is 28.6 Å². The number of thioether (sulfide) groups is 1. The van der Waals surface area contributed by atoms with Crippen molar-refractivity contribution in [2.24, 2.45) is 0 Å². The van der Waals surface area contributed by atoms with E-state index < -0.39 is 37.0 Å². The molecule has 0 fully saturated rings. The number of unbranched alkanes of at least 4 members (excludes halogenated alkanes) is 2. The molecule has 0 aromatic rings. The third-order valence-corrected chi connectivity index (χ3v) is 5.27. The van der Waals surface area contributed by atoms with Crippen LogP contribution in [0, 0.1) is 0 Å². The lowest BCUT2D eigenvalue weighted by atomic mass is 9.93. The summed E-state index contributed by atoms with van der Waals surface area (Å²) in [7, 11) is 0. The minimum atomic E-state index is -1.36. The third-order valence-electron chi connectivity index (χ3n) is 4.20. The van der Waals surface area contributed by atoms with Gasteiger partial charge in [-0.2, -0.15) is 11.8 Å². The molecule has 1 aliphatic carbocycles. The largest absolute Gasteiger partial charge is 0.480 e. The number of carbonyl (C=O) groups is 5. The van der Waals surface area contributed by atoms with Crippen molar-refractivity contribution in [1.82, 2.24) is 4.90 Å². The highest BCUT2D eigenvalue weighted by molar-refractivity contribution is 7.99. The number of carbonyl (C=O) groups excluding carboxylic acids is 2. The number of aliphatic carboxylic acids is 3. The second kappa shape index (κ2) is 12.2. The molecule has 0 aromatic carbocycles. The summed E-state index contributed by atoms with van der Waals surface area (Å²) in [6.07, 6.45) is 5.77. The normalized spacial score (nSPS) is 15.1. The van der Waals surface area contributed by atoms with Crippen molar-refractivity contribution in [3.8, 4) is 0 Å². The average Bonchev–Trinajstić information content (AvgIpc) is 2.60. The SMILES string of the molecule is CCCCCC1=CC(=O)C=C(CSCC(C(=O)O)N(CC(=O)O)CC(=O)O)C1=O. The molecule has 0 saturated carbocycles. The molecule has 3 N–H and O–H groups in total. The molecule has 1 unspecified atom stereocenters. The minimum Gasteiger partial charge on any atom is -0.480 e. The summed E-state index contributed by atoms with van der Waals surface area (Å²) in [4.78, 5) is 58.6. The number of ketones is 2. The molecule has 1 rings (SSSR count). The van der Waals surface area contributed by atoms with Crippen LogP contribution in [0.5, 0.6) is 0 Å². The van der Waals surface area contributed by atoms with Gasteiger partial charge in [0.1, 0.15) is 6.04 Å². The summed E-state index contributed by atoms with van der Waals surface area (Å²) in [5, 5.41) is 27.2. The highest BCUT2D eigenvalue weighted by Gasteiger charge is 2.29. The van der Waals surface area contributed by atoms with Crippen LogP contribution >= 0.6 is 11.8 Å². The Morgan fingerprint density at radius 3 is 2.10 bits per heavy atom. The summed E-state index contributed by atoms with van der Waals surface area (Å²) in [6.45, 7) is 0.545. The first-order valence-corrected chi connectivity index (χ1v) is 10.3. The van der Waals surface area contributed by atoms with Crippen molar-refractivity contribution in [3.05, 3.63) is 23.3 Å². The van der Waals surface area contributed by atoms with Gasteiger partial charge in [0.05, 0.1) is 13.1 Å². The Morgan fingerprint density at radius 2 is 1.59 bits per heavy atom. The Morgan fingerprint density at radius 1 is 1.00 bits per heavy atom. The van der Waals surface area contributed by atoms with Gasteiger partial charge in [-0.25, -0.2) is 0 Å². The standard InChI is InChI=1S/C19H25NO8S/c1-2-3-4-5-12-6-14(21)7-13(18(12)26)10-29-11-15(19(27)28)20(8-16(22)23)9-17(24)25/h6-7,15H,2-5,8-11H2,1H3,(H,22,23)(H,24,25)(H,27,28). The van der Waals surface area contributed by atoms with Gasteiger partial charge in [0.15, 0.2) is 11.6 Å². The van der Waals surface area contributed by atoms with Crippen molar-refractivity contribution in [3.63, 3.8) is 0 Å². The number of hydrogen-bond donors (Lipinski definition) is 3. The van der Waals surface area contributed by atoms with E-state index in [9.17, 15) is 29.1 Å². The zero-order valence-electron chi connectivity index (χ0n) is 16.1. The summed E-state index contributed by atoms with van der Waals surface area (Å²) in [6, 6.07) is -1.36. The minimum absolute atomic E-state index is 0.0768. The van der Waals surface area contributed by atoms with Crippen LogP contribution in [-0.2, 0) is 24.0 Å². The molecule has 0 heterocycles. The molecule has 160 valence electrons. The predicted octanol–water partition coefficient (Wildman–Crippen LogP) is 1.23. The van der Waals surface area contributed by atoms with Gasteiger partial charge < -0.3 is 15.3 Å². The topological polar surface area (TPSA) is 149 Å². The molecule has 0 amide bonds. The number of hydrogen-bond acceptors (Lipinski definition) is 7. The molecular weight excluding hydrogens is 402 g/mol. The molecule has 0 aromatic heterocycles. The fourth-order valence-electron chi connectivity index (χ4n) is 2.82. The lowest BCUT2D eigenvalue weighted by Gasteiger charge is -2.25. The van der Waals surface area contributed by atoms with E-state index in [2.05, 4.69) is 0 Å². The van der Waals surface area contributed by atoms with Crippen LogP contribution in [0.4, 0.5) is 0 Å². The Kier molecular flexibility index (Phi) is 10.3. The number of Topliss-reactive ketones (excluding diaryl/α,β-unsaturated/α-hetero) is 1. The van der Waals surface area contributed by atoms with Gasteiger partial charge in [-0.15, -0.1) is 0 Å². The molecule has 9 nitrogen and oxygen atoms in total. The first-order chi connectivity index (χ1) is 13.6. The van der Waals surface area contributed by atoms with Crippen LogP contribution in [0.1, 0.15) is 32.6 Å². The molecule has 0 bridgehead atoms. The smallest absolute Gasteiger partial charge is 0.321 e. The quantitative estimate of drug-likeness (QED) is 0.273. The lowest BCUT2D eigenvalue weighted by Crippen LogP contribution is -2.48. The number of carboxylic acid groups (broad SMARTS) is 3. The monoisotopic (exact) mass is 427 g/mol. The van der Waals surface area contributed by atoms with Gasteiger partial charge in [-0.3, -0.25) is 28.9 Å². The first kappa shape index (κ1) is 24.6. The Hall–Kier alpha value is -2.46. The fourth-order valence-corrected chi connectivity index (χ4v) is 3.95. The fraction of sp³-hybridized carbons (Fsp3) is 0.526. The molecule has 1 aliphatic rings. The van der Waals surface area contributed by atoms with Crippen molar-refractivity contribution in [1.29, 1.82) is 0 Å². The van der Waals surface area contributed by atoms with E-state index in [4.69, 9.17) is 10.2 Å². The maximum Gasteiger partial charge on any atom is 0.321 e. The molecule has 10 heteroatoms. The van der Waals surface area contributed by atoms with E-state index >= 15 is 0 Å². The molecule has 0 saturated heterocycles. The van der Waals surface area contributed by atoms with Crippen LogP contribution in [0.3, 0.4) is 0 Å². The van der Waals surface area contributed by atoms with Crippen molar-refractivity contribution >= 4 is 41.2 Å². The van der Waals surface area contributed by atoms with Gasteiger partial charge in [0.25, 0.3) is 0 Å². The molecular formula is C19H25NO8S. The van der Waals surface area contributed by atoms with Crippen molar-refractivity contribution < 1.29 is 39.3 Å². The van der Waals surface area contributed by atoms with Gasteiger partial charge in [-0.1, -0.05) is 19.8 Å². The molecule has 1 atom stereocenters. The summed E-state index contributed by atoms with van der Waals surface area (Å²) in [5.41, 5.74) is 0.705. The third kappa shape index (κ3) is 8.61. The highest BCUT2D eigenvalue weighted by Crippen LogP contribution is 2.22. The Bertz CT molecular complexity index is 712. The zero-order chi connectivity index (χ0) is 22.0. The predicted molar refractivity (Wildman–Crippen MR) is 106 cm³/mol. The summed E-state index contributed by atoms with van der Waals surface area (Å²) >= 11 is 1.04. The molecule has 0 radical (unpaired) electrons. The Balaban J connectivity index is 2.75. The van der Waals surface area contributed by atoms with Crippen LogP contribution in [0.15, 0.2) is 23.3 Å². The molecule has 29 heavy (non-hydrogen) atoms. The van der Waals surface area contributed by atoms with Crippen molar-refractivity contribution in [2.75, 3.05) is 24.6 Å². The van der Waals surface area contributed by atoms with Crippen LogP contribution in [0.25, 0.3) is 0 Å². The number of rotatable bonds is 14. The van der Waals surface area contributed by atoms with Crippen LogP contribution in [0.2, 0.25) is 0 Å².